The van der Waals surface area contributed by atoms with Gasteiger partial charge in [-0.25, -0.2) is 0 Å². The Hall–Kier alpha value is -1.69. The van der Waals surface area contributed by atoms with Crippen LogP contribution in [0.5, 0.6) is 0 Å². The first-order valence-electron chi connectivity index (χ1n) is 4.52. The molecule has 0 bridgehead atoms. The first kappa shape index (κ1) is 11.4. The maximum absolute atomic E-state index is 5.68. The Morgan fingerprint density at radius 3 is 3.00 bits per heavy atom. The van der Waals surface area contributed by atoms with Crippen molar-refractivity contribution in [2.24, 2.45) is 10.8 Å². The van der Waals surface area contributed by atoms with E-state index >= 15 is 0 Å². The fraction of sp³-hybridized carbons (Fsp3) is 0.222. The molecule has 0 fully saturated rings. The number of pyridine rings is 1. The summed E-state index contributed by atoms with van der Waals surface area (Å²) in [6.07, 6.45) is 1.65. The van der Waals surface area contributed by atoms with Gasteiger partial charge < -0.3 is 11.1 Å². The monoisotopic (exact) mass is 223 g/mol. The highest BCUT2D eigenvalue weighted by molar-refractivity contribution is 7.80. The second-order valence-corrected chi connectivity index (χ2v) is 3.09. The zero-order valence-electron chi connectivity index (χ0n) is 8.40. The summed E-state index contributed by atoms with van der Waals surface area (Å²) in [6, 6.07) is 5.43. The Morgan fingerprint density at radius 2 is 2.40 bits per heavy atom. The quantitative estimate of drug-likeness (QED) is 0.295. The lowest BCUT2D eigenvalue weighted by Gasteiger charge is -2.04. The van der Waals surface area contributed by atoms with Crippen LogP contribution in [0.15, 0.2) is 29.5 Å². The minimum absolute atomic E-state index is 0.302. The van der Waals surface area contributed by atoms with Gasteiger partial charge in [0.25, 0.3) is 0 Å². The lowest BCUT2D eigenvalue weighted by molar-refractivity contribution is 0.899. The minimum atomic E-state index is 0.302. The zero-order chi connectivity index (χ0) is 11.1. The van der Waals surface area contributed by atoms with Gasteiger partial charge in [0, 0.05) is 12.7 Å². The third-order valence-electron chi connectivity index (χ3n) is 1.54. The number of hydrazone groups is 1. The highest BCUT2D eigenvalue weighted by Crippen LogP contribution is 1.91. The molecular weight excluding hydrogens is 210 g/mol. The molecule has 0 aliphatic heterocycles. The summed E-state index contributed by atoms with van der Waals surface area (Å²) in [4.78, 5) is 4.04. The summed E-state index contributed by atoms with van der Waals surface area (Å²) in [6.45, 7) is 2.69. The van der Waals surface area contributed by atoms with Crippen LogP contribution in [0.25, 0.3) is 0 Å². The summed E-state index contributed by atoms with van der Waals surface area (Å²) < 4.78 is 0. The largest absolute Gasteiger partial charge is 0.380 e. The number of amidine groups is 1. The van der Waals surface area contributed by atoms with Crippen LogP contribution in [0.4, 0.5) is 0 Å². The van der Waals surface area contributed by atoms with Gasteiger partial charge in [-0.05, 0) is 31.3 Å². The van der Waals surface area contributed by atoms with Gasteiger partial charge in [-0.15, -0.1) is 0 Å². The average molecular weight is 223 g/mol. The van der Waals surface area contributed by atoms with Crippen molar-refractivity contribution in [3.8, 4) is 0 Å². The molecule has 0 unspecified atom stereocenters. The van der Waals surface area contributed by atoms with E-state index in [-0.39, 0.29) is 0 Å². The van der Waals surface area contributed by atoms with E-state index in [2.05, 4.69) is 20.8 Å². The maximum Gasteiger partial charge on any atom is 0.187 e. The van der Waals surface area contributed by atoms with Crippen molar-refractivity contribution in [3.05, 3.63) is 30.1 Å². The van der Waals surface area contributed by atoms with E-state index in [1.807, 2.05) is 19.1 Å². The molecule has 1 heterocycles. The minimum Gasteiger partial charge on any atom is -0.380 e. The highest BCUT2D eigenvalue weighted by Gasteiger charge is 1.98. The number of hydrogen-bond acceptors (Lipinski definition) is 3. The van der Waals surface area contributed by atoms with Crippen molar-refractivity contribution in [2.75, 3.05) is 6.54 Å². The number of aromatic nitrogens is 1. The SMILES string of the molecule is CCNC(=S)N/N=C(\N)c1ccccn1. The van der Waals surface area contributed by atoms with Gasteiger partial charge in [0.1, 0.15) is 5.69 Å². The van der Waals surface area contributed by atoms with Crippen LogP contribution in [-0.2, 0) is 0 Å². The van der Waals surface area contributed by atoms with Crippen LogP contribution >= 0.6 is 12.2 Å². The Bertz CT molecular complexity index is 349. The molecule has 4 N–H and O–H groups in total. The van der Waals surface area contributed by atoms with Gasteiger partial charge in [-0.3, -0.25) is 10.4 Å². The molecule has 0 saturated heterocycles. The first-order valence-corrected chi connectivity index (χ1v) is 4.93. The Balaban J connectivity index is 2.57. The van der Waals surface area contributed by atoms with Gasteiger partial charge in [0.2, 0.25) is 0 Å². The Kier molecular flexibility index (Phi) is 4.49. The number of nitrogens with one attached hydrogen (secondary N) is 2. The third-order valence-corrected chi connectivity index (χ3v) is 1.78. The molecule has 5 nitrogen and oxygen atoms in total. The number of rotatable bonds is 3. The number of hydrogen-bond donors (Lipinski definition) is 3. The van der Waals surface area contributed by atoms with Crippen molar-refractivity contribution in [2.45, 2.75) is 6.92 Å². The Morgan fingerprint density at radius 1 is 1.60 bits per heavy atom. The van der Waals surface area contributed by atoms with Crippen LogP contribution < -0.4 is 16.5 Å². The summed E-state index contributed by atoms with van der Waals surface area (Å²) >= 11 is 4.92. The highest BCUT2D eigenvalue weighted by atomic mass is 32.1. The molecule has 15 heavy (non-hydrogen) atoms. The van der Waals surface area contributed by atoms with Crippen LogP contribution in [0, 0.1) is 0 Å². The molecule has 1 aromatic heterocycles. The maximum atomic E-state index is 5.68. The fourth-order valence-corrected chi connectivity index (χ4v) is 1.07. The van der Waals surface area contributed by atoms with Crippen molar-refractivity contribution in [3.63, 3.8) is 0 Å². The zero-order valence-corrected chi connectivity index (χ0v) is 9.21. The summed E-state index contributed by atoms with van der Waals surface area (Å²) in [5, 5.41) is 7.22. The molecule has 1 aromatic rings. The molecular formula is C9H13N5S. The van der Waals surface area contributed by atoms with E-state index in [0.717, 1.165) is 6.54 Å². The normalized spacial score (nSPS) is 10.9. The van der Waals surface area contributed by atoms with Crippen molar-refractivity contribution in [1.82, 2.24) is 15.7 Å². The van der Waals surface area contributed by atoms with Crippen molar-refractivity contribution >= 4 is 23.2 Å². The van der Waals surface area contributed by atoms with Crippen molar-refractivity contribution < 1.29 is 0 Å². The molecule has 6 heteroatoms. The van der Waals surface area contributed by atoms with E-state index < -0.39 is 0 Å². The van der Waals surface area contributed by atoms with Crippen LogP contribution in [0.2, 0.25) is 0 Å². The summed E-state index contributed by atoms with van der Waals surface area (Å²) in [5.41, 5.74) is 8.92. The summed E-state index contributed by atoms with van der Waals surface area (Å²) in [5.74, 6) is 0.302. The standard InChI is InChI=1S/C9H13N5S/c1-2-11-9(15)14-13-8(10)7-5-3-4-6-12-7/h3-6H,2H2,1H3,(H2,10,13)(H2,11,14,15). The lowest BCUT2D eigenvalue weighted by Crippen LogP contribution is -2.33. The average Bonchev–Trinajstić information content (AvgIpc) is 2.27. The van der Waals surface area contributed by atoms with Crippen LogP contribution in [0.3, 0.4) is 0 Å². The van der Waals surface area contributed by atoms with Crippen LogP contribution in [0.1, 0.15) is 12.6 Å². The van der Waals surface area contributed by atoms with Gasteiger partial charge in [0.05, 0.1) is 0 Å². The molecule has 0 atom stereocenters. The molecule has 0 aliphatic carbocycles. The molecule has 0 amide bonds. The number of nitrogens with zero attached hydrogens (tertiary/aromatic N) is 2. The molecule has 0 aromatic carbocycles. The second kappa shape index (κ2) is 5.92. The molecule has 0 spiro atoms. The number of nitrogens with two attached hydrogens (primary N) is 1. The first-order chi connectivity index (χ1) is 7.24. The van der Waals surface area contributed by atoms with E-state index in [1.54, 1.807) is 12.3 Å². The molecule has 0 aliphatic rings. The Labute approximate surface area is 93.8 Å². The van der Waals surface area contributed by atoms with Gasteiger partial charge >= 0.3 is 0 Å². The fourth-order valence-electron chi connectivity index (χ4n) is 0.883. The lowest BCUT2D eigenvalue weighted by atomic mass is 10.3. The van der Waals surface area contributed by atoms with E-state index in [4.69, 9.17) is 18.0 Å². The topological polar surface area (TPSA) is 75.3 Å². The second-order valence-electron chi connectivity index (χ2n) is 2.68. The predicted molar refractivity (Wildman–Crippen MR) is 64.4 cm³/mol. The third kappa shape index (κ3) is 3.90. The molecule has 0 radical (unpaired) electrons. The number of thiocarbonyl (C=S) groups is 1. The van der Waals surface area contributed by atoms with E-state index in [1.165, 1.54) is 0 Å². The van der Waals surface area contributed by atoms with Crippen LogP contribution in [-0.4, -0.2) is 22.5 Å². The van der Waals surface area contributed by atoms with E-state index in [9.17, 15) is 0 Å². The van der Waals surface area contributed by atoms with Crippen molar-refractivity contribution in [1.29, 1.82) is 0 Å². The van der Waals surface area contributed by atoms with Gasteiger partial charge in [0.15, 0.2) is 10.9 Å². The summed E-state index contributed by atoms with van der Waals surface area (Å²) in [7, 11) is 0. The molecule has 1 rings (SSSR count). The van der Waals surface area contributed by atoms with Gasteiger partial charge in [-0.2, -0.15) is 5.10 Å². The van der Waals surface area contributed by atoms with E-state index in [0.29, 0.717) is 16.6 Å². The van der Waals surface area contributed by atoms with Gasteiger partial charge in [-0.1, -0.05) is 6.07 Å². The molecule has 80 valence electrons. The molecule has 0 saturated carbocycles. The predicted octanol–water partition coefficient (Wildman–Crippen LogP) is 0.186. The smallest absolute Gasteiger partial charge is 0.187 e.